The molecule has 0 radical (unpaired) electrons. The molecule has 0 saturated heterocycles. The fraction of sp³-hybridized carbons (Fsp3) is 0.833. The van der Waals surface area contributed by atoms with Crippen molar-refractivity contribution in [2.45, 2.75) is 41.0 Å². The number of allylic oxidation sites excluding steroid dienone is 1. The molecule has 0 unspecified atom stereocenters. The first-order chi connectivity index (χ1) is 6.25. The highest BCUT2D eigenvalue weighted by molar-refractivity contribution is 9.09. The predicted molar refractivity (Wildman–Crippen MR) is 66.7 cm³/mol. The van der Waals surface area contributed by atoms with Gasteiger partial charge in [0, 0.05) is 10.7 Å². The van der Waals surface area contributed by atoms with Gasteiger partial charge in [0.05, 0.1) is 12.4 Å². The Kier molecular flexibility index (Phi) is 5.21. The lowest BCUT2D eigenvalue weighted by molar-refractivity contribution is 0.124. The molecule has 0 aliphatic rings. The molecule has 0 N–H and O–H groups in total. The summed E-state index contributed by atoms with van der Waals surface area (Å²) in [6.45, 7) is 15.6. The van der Waals surface area contributed by atoms with Crippen LogP contribution in [-0.4, -0.2) is 11.9 Å². The summed E-state index contributed by atoms with van der Waals surface area (Å²) in [6.07, 6.45) is 1.07. The average Bonchev–Trinajstić information content (AvgIpc) is 2.03. The Morgan fingerprint density at radius 3 is 2.14 bits per heavy atom. The van der Waals surface area contributed by atoms with E-state index >= 15 is 0 Å². The van der Waals surface area contributed by atoms with Crippen LogP contribution < -0.4 is 0 Å². The molecule has 0 aromatic carbocycles. The standard InChI is InChI=1S/C12H23BrO/c1-7-14-10(2)12(5,6)8-11(3,4)9-13/h2,7-9H2,1,3-6H3. The summed E-state index contributed by atoms with van der Waals surface area (Å²) in [6, 6.07) is 0. The lowest BCUT2D eigenvalue weighted by Crippen LogP contribution is -2.26. The van der Waals surface area contributed by atoms with Crippen LogP contribution in [0, 0.1) is 10.8 Å². The van der Waals surface area contributed by atoms with Crippen LogP contribution in [0.3, 0.4) is 0 Å². The molecule has 14 heavy (non-hydrogen) atoms. The number of hydrogen-bond donors (Lipinski definition) is 0. The Morgan fingerprint density at radius 2 is 1.79 bits per heavy atom. The predicted octanol–water partition coefficient (Wildman–Crippen LogP) is 4.37. The molecular weight excluding hydrogens is 240 g/mol. The molecule has 0 spiro atoms. The van der Waals surface area contributed by atoms with Crippen LogP contribution in [0.25, 0.3) is 0 Å². The lowest BCUT2D eigenvalue weighted by Gasteiger charge is -2.34. The van der Waals surface area contributed by atoms with Crippen molar-refractivity contribution < 1.29 is 4.74 Å². The third-order valence-electron chi connectivity index (χ3n) is 2.36. The van der Waals surface area contributed by atoms with Crippen LogP contribution in [-0.2, 0) is 4.74 Å². The Labute approximate surface area is 97.0 Å². The van der Waals surface area contributed by atoms with Crippen molar-refractivity contribution in [3.05, 3.63) is 12.3 Å². The van der Waals surface area contributed by atoms with Gasteiger partial charge >= 0.3 is 0 Å². The second-order valence-electron chi connectivity index (χ2n) is 5.21. The Bertz CT molecular complexity index is 194. The lowest BCUT2D eigenvalue weighted by atomic mass is 9.75. The smallest absolute Gasteiger partial charge is 0.0944 e. The van der Waals surface area contributed by atoms with E-state index in [1.165, 1.54) is 0 Å². The number of halogens is 1. The van der Waals surface area contributed by atoms with E-state index in [1.54, 1.807) is 0 Å². The van der Waals surface area contributed by atoms with Gasteiger partial charge < -0.3 is 4.74 Å². The first-order valence-electron chi connectivity index (χ1n) is 5.13. The van der Waals surface area contributed by atoms with Crippen LogP contribution in [0.5, 0.6) is 0 Å². The van der Waals surface area contributed by atoms with Crippen molar-refractivity contribution in [2.24, 2.45) is 10.8 Å². The third-order valence-corrected chi connectivity index (χ3v) is 3.87. The molecule has 0 fully saturated rings. The van der Waals surface area contributed by atoms with Crippen LogP contribution in [0.1, 0.15) is 41.0 Å². The summed E-state index contributed by atoms with van der Waals surface area (Å²) in [4.78, 5) is 0. The minimum absolute atomic E-state index is 0.0489. The highest BCUT2D eigenvalue weighted by Gasteiger charge is 2.31. The molecule has 0 amide bonds. The molecule has 0 atom stereocenters. The summed E-state index contributed by atoms with van der Waals surface area (Å²) >= 11 is 3.54. The number of rotatable bonds is 6. The maximum Gasteiger partial charge on any atom is 0.0944 e. The van der Waals surface area contributed by atoms with Crippen molar-refractivity contribution in [1.82, 2.24) is 0 Å². The van der Waals surface area contributed by atoms with Gasteiger partial charge in [-0.2, -0.15) is 0 Å². The van der Waals surface area contributed by atoms with Gasteiger partial charge in [-0.05, 0) is 18.8 Å². The van der Waals surface area contributed by atoms with E-state index in [0.717, 1.165) is 17.5 Å². The molecule has 0 saturated carbocycles. The zero-order valence-electron chi connectivity index (χ0n) is 10.1. The summed E-state index contributed by atoms with van der Waals surface area (Å²) in [5.41, 5.74) is 0.330. The van der Waals surface area contributed by atoms with Crippen molar-refractivity contribution in [1.29, 1.82) is 0 Å². The largest absolute Gasteiger partial charge is 0.498 e. The van der Waals surface area contributed by atoms with E-state index in [4.69, 9.17) is 4.74 Å². The quantitative estimate of drug-likeness (QED) is 0.510. The third kappa shape index (κ3) is 4.50. The monoisotopic (exact) mass is 262 g/mol. The maximum absolute atomic E-state index is 5.49. The van der Waals surface area contributed by atoms with Crippen LogP contribution in [0.15, 0.2) is 12.3 Å². The van der Waals surface area contributed by atoms with E-state index in [2.05, 4.69) is 50.2 Å². The topological polar surface area (TPSA) is 9.23 Å². The van der Waals surface area contributed by atoms with Crippen molar-refractivity contribution in [2.75, 3.05) is 11.9 Å². The molecule has 0 aliphatic heterocycles. The highest BCUT2D eigenvalue weighted by atomic mass is 79.9. The molecule has 0 aliphatic carbocycles. The average molecular weight is 263 g/mol. The van der Waals surface area contributed by atoms with E-state index < -0.39 is 0 Å². The molecule has 0 rings (SSSR count). The zero-order valence-corrected chi connectivity index (χ0v) is 11.7. The minimum atomic E-state index is 0.0489. The van der Waals surface area contributed by atoms with E-state index in [0.29, 0.717) is 6.61 Å². The molecule has 0 heterocycles. The van der Waals surface area contributed by atoms with E-state index in [-0.39, 0.29) is 10.8 Å². The zero-order chi connectivity index (χ0) is 11.4. The molecule has 84 valence electrons. The molecule has 2 heteroatoms. The number of ether oxygens (including phenoxy) is 1. The molecule has 0 aromatic heterocycles. The molecular formula is C12H23BrO. The van der Waals surface area contributed by atoms with Crippen molar-refractivity contribution in [3.8, 4) is 0 Å². The number of alkyl halides is 1. The first kappa shape index (κ1) is 14.0. The first-order valence-corrected chi connectivity index (χ1v) is 6.25. The van der Waals surface area contributed by atoms with Crippen LogP contribution in [0.2, 0.25) is 0 Å². The van der Waals surface area contributed by atoms with E-state index in [1.807, 2.05) is 6.92 Å². The second-order valence-corrected chi connectivity index (χ2v) is 5.78. The Hall–Kier alpha value is 0.0200. The molecule has 0 aromatic rings. The fourth-order valence-corrected chi connectivity index (χ4v) is 1.91. The Morgan fingerprint density at radius 1 is 1.29 bits per heavy atom. The second kappa shape index (κ2) is 5.20. The van der Waals surface area contributed by atoms with Crippen molar-refractivity contribution in [3.63, 3.8) is 0 Å². The summed E-state index contributed by atoms with van der Waals surface area (Å²) < 4.78 is 5.49. The van der Waals surface area contributed by atoms with Gasteiger partial charge in [0.15, 0.2) is 0 Å². The Balaban J connectivity index is 4.40. The van der Waals surface area contributed by atoms with Gasteiger partial charge in [0.1, 0.15) is 0 Å². The number of hydrogen-bond acceptors (Lipinski definition) is 1. The maximum atomic E-state index is 5.49. The molecule has 0 bridgehead atoms. The van der Waals surface area contributed by atoms with E-state index in [9.17, 15) is 0 Å². The normalized spacial score (nSPS) is 12.7. The SMILES string of the molecule is C=C(OCC)C(C)(C)CC(C)(C)CBr. The molecule has 1 nitrogen and oxygen atoms in total. The van der Waals surface area contributed by atoms with Gasteiger partial charge in [0.25, 0.3) is 0 Å². The summed E-state index contributed by atoms with van der Waals surface area (Å²) in [5, 5.41) is 1.00. The minimum Gasteiger partial charge on any atom is -0.498 e. The van der Waals surface area contributed by atoms with Crippen LogP contribution >= 0.6 is 15.9 Å². The van der Waals surface area contributed by atoms with Crippen molar-refractivity contribution >= 4 is 15.9 Å². The summed E-state index contributed by atoms with van der Waals surface area (Å²) in [7, 11) is 0. The van der Waals surface area contributed by atoms with Gasteiger partial charge in [-0.1, -0.05) is 50.2 Å². The summed E-state index contributed by atoms with van der Waals surface area (Å²) in [5.74, 6) is 0.897. The van der Waals surface area contributed by atoms with Crippen LogP contribution in [0.4, 0.5) is 0 Å². The van der Waals surface area contributed by atoms with Gasteiger partial charge in [-0.25, -0.2) is 0 Å². The van der Waals surface area contributed by atoms with Gasteiger partial charge in [0.2, 0.25) is 0 Å². The fourth-order valence-electron chi connectivity index (χ4n) is 1.71. The van der Waals surface area contributed by atoms with Gasteiger partial charge in [-0.3, -0.25) is 0 Å². The van der Waals surface area contributed by atoms with Gasteiger partial charge in [-0.15, -0.1) is 0 Å². The highest BCUT2D eigenvalue weighted by Crippen LogP contribution is 2.39.